The summed E-state index contributed by atoms with van der Waals surface area (Å²) in [5.41, 5.74) is 8.61. The van der Waals surface area contributed by atoms with Crippen molar-refractivity contribution in [3.8, 4) is 0 Å². The number of rotatable bonds is 8. The van der Waals surface area contributed by atoms with Crippen LogP contribution in [0.2, 0.25) is 0 Å². The van der Waals surface area contributed by atoms with Crippen LogP contribution in [0, 0.1) is 12.8 Å². The van der Waals surface area contributed by atoms with Crippen molar-refractivity contribution in [2.24, 2.45) is 11.7 Å². The lowest BCUT2D eigenvalue weighted by Gasteiger charge is -2.15. The van der Waals surface area contributed by atoms with Crippen LogP contribution in [-0.4, -0.2) is 30.3 Å². The molecule has 30 heavy (non-hydrogen) atoms. The van der Waals surface area contributed by atoms with Crippen LogP contribution in [-0.2, 0) is 16.1 Å². The highest BCUT2D eigenvalue weighted by Crippen LogP contribution is 2.15. The summed E-state index contributed by atoms with van der Waals surface area (Å²) in [4.78, 5) is 36.6. The highest BCUT2D eigenvalue weighted by Gasteiger charge is 2.18. The Morgan fingerprint density at radius 2 is 1.60 bits per heavy atom. The Morgan fingerprint density at radius 1 is 0.967 bits per heavy atom. The molecule has 0 aromatic heterocycles. The molecule has 162 valence electrons. The molecule has 0 aliphatic heterocycles. The molecule has 0 bridgehead atoms. The third kappa shape index (κ3) is 7.50. The number of carbonyl (C=O) groups is 3. The number of hydrogen-bond donors (Lipinski definition) is 4. The standard InChI is InChI=1S/C22H28N4O3.ClH/c1-14(2)20(23)22(29)25-13-19(27)26-18-7-5-4-6-17(18)21(28)24-12-16-10-8-15(3)9-11-16;/h4-11,14,20H,12-13,23H2,1-3H3,(H,24,28)(H,25,29)(H,26,27);1H/t20-;/m0./s1. The van der Waals surface area contributed by atoms with Gasteiger partial charge in [0, 0.05) is 6.54 Å². The minimum Gasteiger partial charge on any atom is -0.348 e. The van der Waals surface area contributed by atoms with Gasteiger partial charge in [-0.15, -0.1) is 12.4 Å². The molecule has 2 rings (SSSR count). The quantitative estimate of drug-likeness (QED) is 0.512. The number of nitrogens with two attached hydrogens (primary N) is 1. The Kier molecular flexibility index (Phi) is 10.0. The number of nitrogens with one attached hydrogen (secondary N) is 3. The Bertz CT molecular complexity index is 869. The summed E-state index contributed by atoms with van der Waals surface area (Å²) in [6.45, 7) is 5.81. The third-order valence-corrected chi connectivity index (χ3v) is 4.46. The van der Waals surface area contributed by atoms with E-state index in [-0.39, 0.29) is 36.7 Å². The van der Waals surface area contributed by atoms with E-state index in [4.69, 9.17) is 5.73 Å². The first kappa shape index (κ1) is 25.1. The molecule has 0 aliphatic rings. The average molecular weight is 433 g/mol. The van der Waals surface area contributed by atoms with Crippen molar-refractivity contribution in [2.75, 3.05) is 11.9 Å². The highest BCUT2D eigenvalue weighted by molar-refractivity contribution is 6.04. The van der Waals surface area contributed by atoms with E-state index in [1.807, 2.05) is 45.0 Å². The van der Waals surface area contributed by atoms with Crippen LogP contribution in [0.25, 0.3) is 0 Å². The second-order valence-corrected chi connectivity index (χ2v) is 7.25. The number of hydrogen-bond acceptors (Lipinski definition) is 4. The lowest BCUT2D eigenvalue weighted by atomic mass is 10.1. The molecule has 8 heteroatoms. The van der Waals surface area contributed by atoms with Crippen LogP contribution in [0.1, 0.15) is 35.3 Å². The minimum atomic E-state index is -0.678. The number of carbonyl (C=O) groups excluding carboxylic acids is 3. The summed E-state index contributed by atoms with van der Waals surface area (Å²) >= 11 is 0. The number of benzene rings is 2. The maximum absolute atomic E-state index is 12.6. The van der Waals surface area contributed by atoms with Gasteiger partial charge in [-0.05, 0) is 30.5 Å². The van der Waals surface area contributed by atoms with Crippen molar-refractivity contribution >= 4 is 35.8 Å². The molecular formula is C22H29ClN4O3. The number of aryl methyl sites for hydroxylation is 1. The smallest absolute Gasteiger partial charge is 0.253 e. The molecule has 0 saturated carbocycles. The van der Waals surface area contributed by atoms with Gasteiger partial charge in [0.2, 0.25) is 11.8 Å². The van der Waals surface area contributed by atoms with E-state index in [0.29, 0.717) is 17.8 Å². The second-order valence-electron chi connectivity index (χ2n) is 7.25. The van der Waals surface area contributed by atoms with Crippen molar-refractivity contribution in [1.82, 2.24) is 10.6 Å². The Labute approximate surface area is 183 Å². The molecule has 3 amide bonds. The molecule has 0 saturated heterocycles. The van der Waals surface area contributed by atoms with Crippen molar-refractivity contribution < 1.29 is 14.4 Å². The van der Waals surface area contributed by atoms with Crippen molar-refractivity contribution in [3.63, 3.8) is 0 Å². The number of para-hydroxylation sites is 1. The largest absolute Gasteiger partial charge is 0.348 e. The van der Waals surface area contributed by atoms with Crippen LogP contribution in [0.15, 0.2) is 48.5 Å². The van der Waals surface area contributed by atoms with Crippen LogP contribution >= 0.6 is 12.4 Å². The molecule has 0 radical (unpaired) electrons. The van der Waals surface area contributed by atoms with Crippen LogP contribution < -0.4 is 21.7 Å². The molecule has 0 aliphatic carbocycles. The fraction of sp³-hybridized carbons (Fsp3) is 0.318. The Morgan fingerprint density at radius 3 is 2.23 bits per heavy atom. The lowest BCUT2D eigenvalue weighted by Crippen LogP contribution is -2.46. The molecular weight excluding hydrogens is 404 g/mol. The zero-order valence-electron chi connectivity index (χ0n) is 17.4. The second kappa shape index (κ2) is 11.9. The fourth-order valence-corrected chi connectivity index (χ4v) is 2.56. The molecule has 0 unspecified atom stereocenters. The molecule has 5 N–H and O–H groups in total. The predicted molar refractivity (Wildman–Crippen MR) is 120 cm³/mol. The van der Waals surface area contributed by atoms with E-state index >= 15 is 0 Å². The number of amides is 3. The van der Waals surface area contributed by atoms with Gasteiger partial charge in [-0.1, -0.05) is 55.8 Å². The predicted octanol–water partition coefficient (Wildman–Crippen LogP) is 2.38. The summed E-state index contributed by atoms with van der Waals surface area (Å²) in [5.74, 6) is -1.16. The van der Waals surface area contributed by atoms with E-state index in [0.717, 1.165) is 11.1 Å². The van der Waals surface area contributed by atoms with Gasteiger partial charge < -0.3 is 21.7 Å². The molecule has 0 spiro atoms. The fourth-order valence-electron chi connectivity index (χ4n) is 2.56. The SMILES string of the molecule is Cc1ccc(CNC(=O)c2ccccc2NC(=O)CNC(=O)[C@@H](N)C(C)C)cc1.Cl. The number of anilines is 1. The van der Waals surface area contributed by atoms with Gasteiger partial charge >= 0.3 is 0 Å². The van der Waals surface area contributed by atoms with Crippen LogP contribution in [0.3, 0.4) is 0 Å². The highest BCUT2D eigenvalue weighted by atomic mass is 35.5. The molecule has 7 nitrogen and oxygen atoms in total. The summed E-state index contributed by atoms with van der Waals surface area (Å²) in [6, 6.07) is 13.9. The lowest BCUT2D eigenvalue weighted by molar-refractivity contribution is -0.125. The van der Waals surface area contributed by atoms with Gasteiger partial charge in [-0.3, -0.25) is 14.4 Å². The van der Waals surface area contributed by atoms with Crippen LogP contribution in [0.5, 0.6) is 0 Å². The van der Waals surface area contributed by atoms with E-state index in [1.54, 1.807) is 24.3 Å². The van der Waals surface area contributed by atoms with Crippen molar-refractivity contribution in [3.05, 3.63) is 65.2 Å². The van der Waals surface area contributed by atoms with Gasteiger partial charge in [0.05, 0.1) is 23.8 Å². The van der Waals surface area contributed by atoms with E-state index in [1.165, 1.54) is 0 Å². The number of halogens is 1. The van der Waals surface area contributed by atoms with Gasteiger partial charge in [0.15, 0.2) is 0 Å². The normalized spacial score (nSPS) is 11.2. The van der Waals surface area contributed by atoms with E-state index in [2.05, 4.69) is 16.0 Å². The maximum atomic E-state index is 12.6. The molecule has 2 aromatic carbocycles. The zero-order valence-corrected chi connectivity index (χ0v) is 18.2. The monoisotopic (exact) mass is 432 g/mol. The average Bonchev–Trinajstić information content (AvgIpc) is 2.71. The summed E-state index contributed by atoms with van der Waals surface area (Å²) < 4.78 is 0. The minimum absolute atomic E-state index is 0. The zero-order chi connectivity index (χ0) is 21.4. The Hall–Kier alpha value is -2.90. The van der Waals surface area contributed by atoms with E-state index in [9.17, 15) is 14.4 Å². The summed E-state index contributed by atoms with van der Waals surface area (Å²) in [7, 11) is 0. The van der Waals surface area contributed by atoms with Gasteiger partial charge in [-0.25, -0.2) is 0 Å². The summed E-state index contributed by atoms with van der Waals surface area (Å²) in [5, 5.41) is 8.02. The van der Waals surface area contributed by atoms with Crippen LogP contribution in [0.4, 0.5) is 5.69 Å². The van der Waals surface area contributed by atoms with Gasteiger partial charge in [0.25, 0.3) is 5.91 Å². The van der Waals surface area contributed by atoms with Crippen molar-refractivity contribution in [2.45, 2.75) is 33.4 Å². The summed E-state index contributed by atoms with van der Waals surface area (Å²) in [6.07, 6.45) is 0. The first-order valence-corrected chi connectivity index (χ1v) is 9.54. The third-order valence-electron chi connectivity index (χ3n) is 4.46. The molecule has 0 heterocycles. The maximum Gasteiger partial charge on any atom is 0.253 e. The first-order chi connectivity index (χ1) is 13.8. The first-order valence-electron chi connectivity index (χ1n) is 9.54. The van der Waals surface area contributed by atoms with Gasteiger partial charge in [-0.2, -0.15) is 0 Å². The van der Waals surface area contributed by atoms with Crippen molar-refractivity contribution in [1.29, 1.82) is 0 Å². The molecule has 0 fully saturated rings. The molecule has 1 atom stereocenters. The molecule has 2 aromatic rings. The Balaban J connectivity index is 0.00000450. The van der Waals surface area contributed by atoms with E-state index < -0.39 is 11.9 Å². The topological polar surface area (TPSA) is 113 Å². The van der Waals surface area contributed by atoms with Gasteiger partial charge in [0.1, 0.15) is 0 Å².